The highest BCUT2D eigenvalue weighted by atomic mass is 19.1. The molecule has 0 aliphatic carbocycles. The van der Waals surface area contributed by atoms with Gasteiger partial charge in [0.25, 0.3) is 0 Å². The van der Waals surface area contributed by atoms with Gasteiger partial charge in [-0.05, 0) is 60.4 Å². The molecular formula is C30H30FN5O5. The number of hydrogen-bond donors (Lipinski definition) is 1. The minimum Gasteiger partial charge on any atom is -0.465 e. The van der Waals surface area contributed by atoms with E-state index in [-0.39, 0.29) is 19.2 Å². The number of fused-ring (bicyclic) bond motifs is 1. The van der Waals surface area contributed by atoms with E-state index in [1.54, 1.807) is 42.5 Å². The maximum absolute atomic E-state index is 14.0. The van der Waals surface area contributed by atoms with Crippen LogP contribution in [0, 0.1) is 5.82 Å². The summed E-state index contributed by atoms with van der Waals surface area (Å²) in [5, 5.41) is 11.2. The Labute approximate surface area is 236 Å². The third-order valence-electron chi connectivity index (χ3n) is 7.03. The van der Waals surface area contributed by atoms with E-state index in [0.29, 0.717) is 40.9 Å². The highest BCUT2D eigenvalue weighted by Crippen LogP contribution is 2.26. The molecule has 0 spiro atoms. The fourth-order valence-electron chi connectivity index (χ4n) is 4.87. The van der Waals surface area contributed by atoms with Gasteiger partial charge in [-0.2, -0.15) is 0 Å². The van der Waals surface area contributed by atoms with Crippen LogP contribution in [0.5, 0.6) is 0 Å². The number of methoxy groups -OCH3 is 1. The SMILES string of the molecule is COC(=O)c1ccc([C@@H](C(=O)NC[C@H]2CCCO2)N(Cc2ccc(F)cc2)C(=O)Cn2nnc3ccccc32)cc1. The highest BCUT2D eigenvalue weighted by Gasteiger charge is 2.33. The maximum Gasteiger partial charge on any atom is 0.337 e. The van der Waals surface area contributed by atoms with Crippen molar-refractivity contribution in [2.75, 3.05) is 20.3 Å². The summed E-state index contributed by atoms with van der Waals surface area (Å²) in [5.41, 5.74) is 2.73. The van der Waals surface area contributed by atoms with Crippen LogP contribution in [0.3, 0.4) is 0 Å². The lowest BCUT2D eigenvalue weighted by Crippen LogP contribution is -2.46. The highest BCUT2D eigenvalue weighted by molar-refractivity contribution is 5.91. The van der Waals surface area contributed by atoms with Crippen molar-refractivity contribution in [1.82, 2.24) is 25.2 Å². The molecule has 2 heterocycles. The molecule has 0 unspecified atom stereocenters. The molecule has 41 heavy (non-hydrogen) atoms. The van der Waals surface area contributed by atoms with Gasteiger partial charge in [-0.25, -0.2) is 13.9 Å². The molecule has 11 heteroatoms. The van der Waals surface area contributed by atoms with Crippen molar-refractivity contribution in [2.24, 2.45) is 0 Å². The van der Waals surface area contributed by atoms with Crippen molar-refractivity contribution < 1.29 is 28.2 Å². The molecule has 2 atom stereocenters. The maximum atomic E-state index is 14.0. The topological polar surface area (TPSA) is 116 Å². The fraction of sp³-hybridized carbons (Fsp3) is 0.300. The van der Waals surface area contributed by atoms with Crippen LogP contribution < -0.4 is 5.32 Å². The summed E-state index contributed by atoms with van der Waals surface area (Å²) in [6.45, 7) is 0.766. The summed E-state index contributed by atoms with van der Waals surface area (Å²) in [5.74, 6) is -1.75. The van der Waals surface area contributed by atoms with E-state index in [1.165, 1.54) is 28.8 Å². The molecule has 1 aromatic heterocycles. The standard InChI is InChI=1S/C30H30FN5O5/c1-40-30(39)22-12-10-21(11-13-22)28(29(38)32-17-24-5-4-16-41-24)35(18-20-8-14-23(31)15-9-20)27(37)19-36-26-7-3-2-6-25(26)33-34-36/h2-3,6-15,24,28H,4-5,16-19H2,1H3,(H,32,38)/t24-,28+/m1/s1. The summed E-state index contributed by atoms with van der Waals surface area (Å²) in [6.07, 6.45) is 1.64. The molecule has 1 N–H and O–H groups in total. The summed E-state index contributed by atoms with van der Waals surface area (Å²) in [6, 6.07) is 18.3. The Balaban J connectivity index is 1.51. The zero-order chi connectivity index (χ0) is 28.8. The van der Waals surface area contributed by atoms with Crippen LogP contribution in [0.25, 0.3) is 11.0 Å². The van der Waals surface area contributed by atoms with Crippen molar-refractivity contribution in [3.8, 4) is 0 Å². The van der Waals surface area contributed by atoms with Crippen molar-refractivity contribution >= 4 is 28.8 Å². The first-order chi connectivity index (χ1) is 19.9. The molecule has 10 nitrogen and oxygen atoms in total. The van der Waals surface area contributed by atoms with Gasteiger partial charge in [0.05, 0.1) is 24.3 Å². The van der Waals surface area contributed by atoms with Gasteiger partial charge in [-0.1, -0.05) is 41.6 Å². The average Bonchev–Trinajstić information content (AvgIpc) is 3.67. The molecule has 1 saturated heterocycles. The van der Waals surface area contributed by atoms with Crippen molar-refractivity contribution in [2.45, 2.75) is 38.1 Å². The molecule has 2 amide bonds. The minimum absolute atomic E-state index is 0.0164. The Kier molecular flexibility index (Phi) is 8.64. The molecule has 3 aromatic carbocycles. The van der Waals surface area contributed by atoms with Crippen molar-refractivity contribution in [1.29, 1.82) is 0 Å². The van der Waals surface area contributed by atoms with Crippen LogP contribution >= 0.6 is 0 Å². The van der Waals surface area contributed by atoms with E-state index in [4.69, 9.17) is 9.47 Å². The monoisotopic (exact) mass is 559 g/mol. The van der Waals surface area contributed by atoms with E-state index in [1.807, 2.05) is 18.2 Å². The molecule has 1 fully saturated rings. The number of amides is 2. The van der Waals surface area contributed by atoms with Gasteiger partial charge in [0, 0.05) is 19.7 Å². The molecular weight excluding hydrogens is 529 g/mol. The second-order valence-corrected chi connectivity index (χ2v) is 9.78. The predicted octanol–water partition coefficient (Wildman–Crippen LogP) is 3.42. The van der Waals surface area contributed by atoms with Crippen molar-refractivity contribution in [3.05, 3.63) is 95.3 Å². The minimum atomic E-state index is -1.07. The van der Waals surface area contributed by atoms with Crippen LogP contribution in [-0.2, 0) is 32.2 Å². The molecule has 0 saturated carbocycles. The normalized spacial score (nSPS) is 15.4. The zero-order valence-electron chi connectivity index (χ0n) is 22.5. The summed E-state index contributed by atoms with van der Waals surface area (Å²) in [7, 11) is 1.29. The molecule has 4 aromatic rings. The number of benzene rings is 3. The van der Waals surface area contributed by atoms with Crippen LogP contribution in [0.4, 0.5) is 4.39 Å². The van der Waals surface area contributed by atoms with Crippen LogP contribution in [0.1, 0.15) is 40.4 Å². The van der Waals surface area contributed by atoms with Gasteiger partial charge in [0.15, 0.2) is 0 Å². The van der Waals surface area contributed by atoms with Gasteiger partial charge in [-0.15, -0.1) is 5.10 Å². The largest absolute Gasteiger partial charge is 0.465 e. The van der Waals surface area contributed by atoms with E-state index in [9.17, 15) is 18.8 Å². The fourth-order valence-corrected chi connectivity index (χ4v) is 4.87. The first kappa shape index (κ1) is 27.9. The Morgan fingerprint density at radius 2 is 1.85 bits per heavy atom. The number of hydrogen-bond acceptors (Lipinski definition) is 7. The number of halogens is 1. The molecule has 0 radical (unpaired) electrons. The van der Waals surface area contributed by atoms with E-state index >= 15 is 0 Å². The van der Waals surface area contributed by atoms with Gasteiger partial charge >= 0.3 is 5.97 Å². The predicted molar refractivity (Wildman–Crippen MR) is 147 cm³/mol. The summed E-state index contributed by atoms with van der Waals surface area (Å²) in [4.78, 5) is 41.3. The number of carbonyl (C=O) groups excluding carboxylic acids is 3. The average molecular weight is 560 g/mol. The summed E-state index contributed by atoms with van der Waals surface area (Å²) < 4.78 is 25.7. The Hall–Kier alpha value is -4.64. The lowest BCUT2D eigenvalue weighted by atomic mass is 10.0. The zero-order valence-corrected chi connectivity index (χ0v) is 22.5. The van der Waals surface area contributed by atoms with Crippen LogP contribution in [0.2, 0.25) is 0 Å². The third kappa shape index (κ3) is 6.58. The number of nitrogens with one attached hydrogen (secondary N) is 1. The first-order valence-electron chi connectivity index (χ1n) is 13.3. The van der Waals surface area contributed by atoms with Gasteiger partial charge in [0.1, 0.15) is 23.9 Å². The molecule has 1 aliphatic rings. The van der Waals surface area contributed by atoms with Crippen LogP contribution in [0.15, 0.2) is 72.8 Å². The molecule has 5 rings (SSSR count). The number of carbonyl (C=O) groups is 3. The number of ether oxygens (including phenoxy) is 2. The van der Waals surface area contributed by atoms with Crippen molar-refractivity contribution in [3.63, 3.8) is 0 Å². The van der Waals surface area contributed by atoms with Gasteiger partial charge in [-0.3, -0.25) is 9.59 Å². The summed E-state index contributed by atoms with van der Waals surface area (Å²) >= 11 is 0. The molecule has 212 valence electrons. The number of nitrogens with zero attached hydrogens (tertiary/aromatic N) is 4. The lowest BCUT2D eigenvalue weighted by molar-refractivity contribution is -0.142. The quantitative estimate of drug-likeness (QED) is 0.296. The van der Waals surface area contributed by atoms with E-state index in [2.05, 4.69) is 15.6 Å². The number of aromatic nitrogens is 3. The Morgan fingerprint density at radius 3 is 2.56 bits per heavy atom. The molecule has 1 aliphatic heterocycles. The smallest absolute Gasteiger partial charge is 0.337 e. The number of esters is 1. The van der Waals surface area contributed by atoms with Gasteiger partial charge in [0.2, 0.25) is 11.8 Å². The van der Waals surface area contributed by atoms with Gasteiger partial charge < -0.3 is 19.7 Å². The number of para-hydroxylation sites is 1. The second-order valence-electron chi connectivity index (χ2n) is 9.78. The Morgan fingerprint density at radius 1 is 1.10 bits per heavy atom. The van der Waals surface area contributed by atoms with E-state index in [0.717, 1.165) is 12.8 Å². The molecule has 0 bridgehead atoms. The van der Waals surface area contributed by atoms with Crippen LogP contribution in [-0.4, -0.2) is 64.0 Å². The Bertz CT molecular complexity index is 1520. The number of rotatable bonds is 10. The second kappa shape index (κ2) is 12.7. The lowest BCUT2D eigenvalue weighted by Gasteiger charge is -2.32. The first-order valence-corrected chi connectivity index (χ1v) is 13.3. The van der Waals surface area contributed by atoms with E-state index < -0.39 is 29.6 Å². The third-order valence-corrected chi connectivity index (χ3v) is 7.03.